The lowest BCUT2D eigenvalue weighted by Crippen LogP contribution is -2.42. The maximum atomic E-state index is 13.2. The van der Waals surface area contributed by atoms with E-state index in [0.29, 0.717) is 25.9 Å². The van der Waals surface area contributed by atoms with Gasteiger partial charge >= 0.3 is 0 Å². The Morgan fingerprint density at radius 3 is 2.48 bits per heavy atom. The molecule has 0 radical (unpaired) electrons. The number of hydrogen-bond acceptors (Lipinski definition) is 4. The van der Waals surface area contributed by atoms with Crippen LogP contribution in [0.2, 0.25) is 0 Å². The van der Waals surface area contributed by atoms with Crippen molar-refractivity contribution in [2.24, 2.45) is 0 Å². The highest BCUT2D eigenvalue weighted by molar-refractivity contribution is 7.91. The number of rotatable bonds is 4. The lowest BCUT2D eigenvalue weighted by atomic mass is 10.1. The lowest BCUT2D eigenvalue weighted by molar-refractivity contribution is 0.0724. The predicted octanol–water partition coefficient (Wildman–Crippen LogP) is 2.44. The molecule has 0 N–H and O–H groups in total. The Labute approximate surface area is 146 Å². The van der Waals surface area contributed by atoms with E-state index in [1.165, 1.54) is 6.20 Å². The summed E-state index contributed by atoms with van der Waals surface area (Å²) in [5.74, 6) is -0.864. The van der Waals surface area contributed by atoms with Crippen molar-refractivity contribution >= 4 is 15.7 Å². The molecular weight excluding hydrogens is 343 g/mol. The molecule has 1 aliphatic rings. The van der Waals surface area contributed by atoms with E-state index in [0.717, 1.165) is 17.8 Å². The van der Waals surface area contributed by atoms with Crippen LogP contribution < -0.4 is 0 Å². The number of halogens is 1. The van der Waals surface area contributed by atoms with Gasteiger partial charge in [-0.3, -0.25) is 9.78 Å². The molecule has 1 saturated heterocycles. The maximum absolute atomic E-state index is 13.2. The normalized spacial score (nSPS) is 16.0. The fourth-order valence-corrected chi connectivity index (χ4v) is 4.88. The summed E-state index contributed by atoms with van der Waals surface area (Å²) in [4.78, 5) is 17.6. The smallest absolute Gasteiger partial charge is 0.255 e. The first-order chi connectivity index (χ1) is 12.0. The van der Waals surface area contributed by atoms with Gasteiger partial charge in [-0.1, -0.05) is 30.3 Å². The molecule has 1 aliphatic heterocycles. The third-order valence-electron chi connectivity index (χ3n) is 4.40. The van der Waals surface area contributed by atoms with Crippen LogP contribution in [-0.2, 0) is 15.6 Å². The summed E-state index contributed by atoms with van der Waals surface area (Å²) in [6, 6.07) is 10.2. The molecule has 5 nitrogen and oxygen atoms in total. The highest BCUT2D eigenvalue weighted by atomic mass is 32.2. The number of carbonyl (C=O) groups excluding carboxylic acids is 1. The number of likely N-dealkylation sites (tertiary alicyclic amines) is 1. The number of aromatic nitrogens is 1. The summed E-state index contributed by atoms with van der Waals surface area (Å²) in [6.45, 7) is 0.683. The van der Waals surface area contributed by atoms with Gasteiger partial charge in [0, 0.05) is 19.3 Å². The van der Waals surface area contributed by atoms with Gasteiger partial charge in [-0.25, -0.2) is 12.8 Å². The largest absolute Gasteiger partial charge is 0.339 e. The van der Waals surface area contributed by atoms with E-state index in [9.17, 15) is 17.6 Å². The zero-order chi connectivity index (χ0) is 17.9. The van der Waals surface area contributed by atoms with Crippen molar-refractivity contribution in [1.82, 2.24) is 9.88 Å². The van der Waals surface area contributed by atoms with Crippen LogP contribution in [0.1, 0.15) is 28.8 Å². The zero-order valence-corrected chi connectivity index (χ0v) is 14.5. The number of piperidine rings is 1. The molecule has 1 fully saturated rings. The summed E-state index contributed by atoms with van der Waals surface area (Å²) in [6.07, 6.45) is 3.15. The molecule has 0 spiro atoms. The number of sulfone groups is 1. The molecule has 0 aliphatic carbocycles. The van der Waals surface area contributed by atoms with E-state index < -0.39 is 20.9 Å². The number of carbonyl (C=O) groups is 1. The Bertz CT molecular complexity index is 848. The minimum absolute atomic E-state index is 0.0142. The number of hydrogen-bond donors (Lipinski definition) is 0. The van der Waals surface area contributed by atoms with E-state index in [1.807, 2.05) is 18.2 Å². The lowest BCUT2D eigenvalue weighted by Gasteiger charge is -2.31. The van der Waals surface area contributed by atoms with Crippen LogP contribution in [0.3, 0.4) is 0 Å². The van der Waals surface area contributed by atoms with E-state index in [-0.39, 0.29) is 17.2 Å². The van der Waals surface area contributed by atoms with Crippen LogP contribution in [-0.4, -0.2) is 42.5 Å². The second-order valence-corrected chi connectivity index (χ2v) is 8.46. The van der Waals surface area contributed by atoms with Crippen LogP contribution in [0.5, 0.6) is 0 Å². The minimum atomic E-state index is -3.27. The summed E-state index contributed by atoms with van der Waals surface area (Å²) in [7, 11) is -3.27. The fourth-order valence-electron chi connectivity index (χ4n) is 3.05. The van der Waals surface area contributed by atoms with Crippen LogP contribution >= 0.6 is 0 Å². The SMILES string of the molecule is O=C(c1cncc(F)c1)N1CCC(S(=O)(=O)Cc2ccccc2)CC1. The van der Waals surface area contributed by atoms with Gasteiger partial charge in [0.15, 0.2) is 9.84 Å². The van der Waals surface area contributed by atoms with Gasteiger partial charge in [-0.2, -0.15) is 0 Å². The molecule has 25 heavy (non-hydrogen) atoms. The minimum Gasteiger partial charge on any atom is -0.339 e. The number of pyridine rings is 1. The molecular formula is C18H19FN2O3S. The zero-order valence-electron chi connectivity index (χ0n) is 13.6. The Morgan fingerprint density at radius 1 is 1.16 bits per heavy atom. The Hall–Kier alpha value is -2.28. The fraction of sp³-hybridized carbons (Fsp3) is 0.333. The first-order valence-corrected chi connectivity index (χ1v) is 9.82. The van der Waals surface area contributed by atoms with Gasteiger partial charge in [0.2, 0.25) is 0 Å². The number of amides is 1. The first kappa shape index (κ1) is 17.5. The van der Waals surface area contributed by atoms with Crippen molar-refractivity contribution in [1.29, 1.82) is 0 Å². The molecule has 1 aromatic heterocycles. The van der Waals surface area contributed by atoms with Crippen molar-refractivity contribution in [2.75, 3.05) is 13.1 Å². The van der Waals surface area contributed by atoms with Crippen molar-refractivity contribution in [3.8, 4) is 0 Å². The highest BCUT2D eigenvalue weighted by Crippen LogP contribution is 2.22. The Kier molecular flexibility index (Phi) is 5.13. The van der Waals surface area contributed by atoms with Crippen LogP contribution in [0.4, 0.5) is 4.39 Å². The van der Waals surface area contributed by atoms with Crippen molar-refractivity contribution < 1.29 is 17.6 Å². The Morgan fingerprint density at radius 2 is 1.84 bits per heavy atom. The quantitative estimate of drug-likeness (QED) is 0.838. The monoisotopic (exact) mass is 362 g/mol. The molecule has 3 rings (SSSR count). The molecule has 0 saturated carbocycles. The average molecular weight is 362 g/mol. The molecule has 0 atom stereocenters. The van der Waals surface area contributed by atoms with Crippen LogP contribution in [0, 0.1) is 5.82 Å². The van der Waals surface area contributed by atoms with E-state index >= 15 is 0 Å². The van der Waals surface area contributed by atoms with Crippen molar-refractivity contribution in [3.63, 3.8) is 0 Å². The molecule has 132 valence electrons. The molecule has 7 heteroatoms. The second kappa shape index (κ2) is 7.31. The topological polar surface area (TPSA) is 67.3 Å². The van der Waals surface area contributed by atoms with E-state index in [1.54, 1.807) is 17.0 Å². The predicted molar refractivity (Wildman–Crippen MR) is 92.2 cm³/mol. The molecule has 2 aromatic rings. The third kappa shape index (κ3) is 4.22. The summed E-state index contributed by atoms with van der Waals surface area (Å²) >= 11 is 0. The first-order valence-electron chi connectivity index (χ1n) is 8.11. The second-order valence-electron chi connectivity index (χ2n) is 6.18. The van der Waals surface area contributed by atoms with Crippen LogP contribution in [0.25, 0.3) is 0 Å². The Balaban J connectivity index is 1.62. The highest BCUT2D eigenvalue weighted by Gasteiger charge is 2.32. The van der Waals surface area contributed by atoms with Gasteiger partial charge in [0.05, 0.1) is 22.8 Å². The standard InChI is InChI=1S/C18H19FN2O3S/c19-16-10-15(11-20-12-16)18(22)21-8-6-17(7-9-21)25(23,24)13-14-4-2-1-3-5-14/h1-5,10-12,17H,6-9,13H2. The van der Waals surface area contributed by atoms with Gasteiger partial charge in [0.1, 0.15) is 5.82 Å². The summed E-state index contributed by atoms with van der Waals surface area (Å²) in [5.41, 5.74) is 0.956. The van der Waals surface area contributed by atoms with E-state index in [4.69, 9.17) is 0 Å². The van der Waals surface area contributed by atoms with Crippen molar-refractivity contribution in [2.45, 2.75) is 23.8 Å². The van der Waals surface area contributed by atoms with Gasteiger partial charge in [-0.05, 0) is 24.5 Å². The van der Waals surface area contributed by atoms with Gasteiger partial charge in [-0.15, -0.1) is 0 Å². The van der Waals surface area contributed by atoms with Gasteiger partial charge < -0.3 is 4.90 Å². The molecule has 2 heterocycles. The van der Waals surface area contributed by atoms with E-state index in [2.05, 4.69) is 4.98 Å². The molecule has 1 amide bonds. The molecule has 0 unspecified atom stereocenters. The number of nitrogens with zero attached hydrogens (tertiary/aromatic N) is 2. The van der Waals surface area contributed by atoms with Crippen LogP contribution in [0.15, 0.2) is 48.8 Å². The third-order valence-corrected chi connectivity index (χ3v) is 6.62. The van der Waals surface area contributed by atoms with Crippen molar-refractivity contribution in [3.05, 3.63) is 65.7 Å². The summed E-state index contributed by atoms with van der Waals surface area (Å²) < 4.78 is 38.4. The molecule has 1 aromatic carbocycles. The molecule has 0 bridgehead atoms. The van der Waals surface area contributed by atoms with Gasteiger partial charge in [0.25, 0.3) is 5.91 Å². The number of benzene rings is 1. The summed E-state index contributed by atoms with van der Waals surface area (Å²) in [5, 5.41) is -0.456. The average Bonchev–Trinajstić information content (AvgIpc) is 2.62. The maximum Gasteiger partial charge on any atom is 0.255 e.